The minimum absolute atomic E-state index is 0.562. The zero-order valence-electron chi connectivity index (χ0n) is 11.0. The van der Waals surface area contributed by atoms with Gasteiger partial charge in [-0.2, -0.15) is 0 Å². The first-order valence-corrected chi connectivity index (χ1v) is 7.77. The van der Waals surface area contributed by atoms with E-state index >= 15 is 0 Å². The predicted octanol–water partition coefficient (Wildman–Crippen LogP) is 4.95. The Bertz CT molecular complexity index is 511. The lowest BCUT2D eigenvalue weighted by Gasteiger charge is -1.94. The van der Waals surface area contributed by atoms with E-state index in [2.05, 4.69) is 26.1 Å². The van der Waals surface area contributed by atoms with Gasteiger partial charge >= 0.3 is 0 Å². The van der Waals surface area contributed by atoms with Crippen LogP contribution >= 0.6 is 27.3 Å². The summed E-state index contributed by atoms with van der Waals surface area (Å²) in [6.07, 6.45) is 3.40. The summed E-state index contributed by atoms with van der Waals surface area (Å²) < 4.78 is 0.562. The summed E-state index contributed by atoms with van der Waals surface area (Å²) in [6.45, 7) is 4.00. The van der Waals surface area contributed by atoms with Crippen molar-refractivity contribution in [1.29, 1.82) is 0 Å². The van der Waals surface area contributed by atoms with Crippen molar-refractivity contribution < 1.29 is 5.21 Å². The van der Waals surface area contributed by atoms with Crippen LogP contribution < -0.4 is 0 Å². The minimum atomic E-state index is 0.562. The monoisotopic (exact) mass is 340 g/mol. The number of oxime groups is 1. The maximum absolute atomic E-state index is 8.52. The Balaban J connectivity index is 0.000000861. The van der Waals surface area contributed by atoms with Crippen molar-refractivity contribution in [2.24, 2.45) is 5.16 Å². The summed E-state index contributed by atoms with van der Waals surface area (Å²) in [4.78, 5) is 5.58. The Morgan fingerprint density at radius 3 is 2.63 bits per heavy atom. The molecule has 2 rings (SSSR count). The highest BCUT2D eigenvalue weighted by molar-refractivity contribution is 9.18. The summed E-state index contributed by atoms with van der Waals surface area (Å²) >= 11 is 4.84. The third-order valence-corrected chi connectivity index (χ3v) is 3.92. The molecule has 0 aliphatic rings. The Labute approximate surface area is 126 Å². The van der Waals surface area contributed by atoms with E-state index in [1.807, 2.05) is 50.4 Å². The van der Waals surface area contributed by atoms with E-state index < -0.39 is 0 Å². The minimum Gasteiger partial charge on any atom is -0.410 e. The van der Waals surface area contributed by atoms with Crippen LogP contribution in [0.25, 0.3) is 10.6 Å². The molecular weight excluding hydrogens is 324 g/mol. The Morgan fingerprint density at radius 2 is 2.00 bits per heavy atom. The van der Waals surface area contributed by atoms with Crippen LogP contribution in [0.3, 0.4) is 0 Å². The number of aromatic nitrogens is 1. The first-order valence-electron chi connectivity index (χ1n) is 6.16. The fraction of sp³-hybridized carbons (Fsp3) is 0.286. The summed E-state index contributed by atoms with van der Waals surface area (Å²) in [5.74, 6) is 0. The van der Waals surface area contributed by atoms with Crippen molar-refractivity contribution in [2.45, 2.75) is 26.7 Å². The number of hydrogen-bond donors (Lipinski definition) is 1. The molecule has 0 fully saturated rings. The number of nitrogens with zero attached hydrogens (tertiary/aromatic N) is 2. The SMILES string of the molecule is CC.O/N=C(/Br)CCc1cnc(-c2ccccc2)s1. The molecule has 5 heteroatoms. The molecule has 0 aliphatic carbocycles. The number of aryl methyl sites for hydroxylation is 1. The molecule has 0 saturated heterocycles. The van der Waals surface area contributed by atoms with Crippen LogP contribution in [0, 0.1) is 0 Å². The molecule has 1 aromatic carbocycles. The first kappa shape index (κ1) is 15.9. The van der Waals surface area contributed by atoms with Gasteiger partial charge in [0.25, 0.3) is 0 Å². The summed E-state index contributed by atoms with van der Waals surface area (Å²) in [5.41, 5.74) is 1.14. The van der Waals surface area contributed by atoms with Crippen LogP contribution in [0.15, 0.2) is 41.7 Å². The van der Waals surface area contributed by atoms with Gasteiger partial charge in [0.2, 0.25) is 0 Å². The maximum Gasteiger partial charge on any atom is 0.123 e. The van der Waals surface area contributed by atoms with Crippen molar-refractivity contribution >= 4 is 31.9 Å². The van der Waals surface area contributed by atoms with Gasteiger partial charge in [0.05, 0.1) is 0 Å². The molecule has 0 atom stereocenters. The van der Waals surface area contributed by atoms with E-state index in [0.717, 1.165) is 17.0 Å². The van der Waals surface area contributed by atoms with Gasteiger partial charge in [0, 0.05) is 23.1 Å². The molecule has 3 nitrogen and oxygen atoms in total. The average molecular weight is 341 g/mol. The number of halogens is 1. The quantitative estimate of drug-likeness (QED) is 0.486. The van der Waals surface area contributed by atoms with Gasteiger partial charge in [-0.05, 0) is 22.4 Å². The molecule has 1 heterocycles. The van der Waals surface area contributed by atoms with Crippen molar-refractivity contribution in [3.63, 3.8) is 0 Å². The van der Waals surface area contributed by atoms with Crippen LogP contribution in [0.2, 0.25) is 0 Å². The highest BCUT2D eigenvalue weighted by atomic mass is 79.9. The average Bonchev–Trinajstić information content (AvgIpc) is 2.96. The predicted molar refractivity (Wildman–Crippen MR) is 85.4 cm³/mol. The molecule has 0 saturated carbocycles. The van der Waals surface area contributed by atoms with E-state index in [-0.39, 0.29) is 0 Å². The van der Waals surface area contributed by atoms with Crippen LogP contribution in [0.1, 0.15) is 25.1 Å². The lowest BCUT2D eigenvalue weighted by Crippen LogP contribution is -1.89. The normalized spacial score (nSPS) is 10.8. The van der Waals surface area contributed by atoms with Gasteiger partial charge in [-0.25, -0.2) is 4.98 Å². The second-order valence-corrected chi connectivity index (χ2v) is 5.50. The Kier molecular flexibility index (Phi) is 7.36. The van der Waals surface area contributed by atoms with Gasteiger partial charge in [0.15, 0.2) is 0 Å². The third kappa shape index (κ3) is 5.12. The standard InChI is InChI=1S/C12H11BrN2OS.C2H6/c13-11(15-16)7-6-10-8-14-12(17-10)9-4-2-1-3-5-9;1-2/h1-5,8,16H,6-7H2;1-2H3/b15-11+;. The van der Waals surface area contributed by atoms with Crippen LogP contribution in [0.5, 0.6) is 0 Å². The van der Waals surface area contributed by atoms with E-state index in [9.17, 15) is 0 Å². The lowest BCUT2D eigenvalue weighted by molar-refractivity contribution is 0.319. The van der Waals surface area contributed by atoms with E-state index in [4.69, 9.17) is 5.21 Å². The second-order valence-electron chi connectivity index (χ2n) is 3.47. The molecule has 0 radical (unpaired) electrons. The molecule has 0 unspecified atom stereocenters. The number of thiazole rings is 1. The molecule has 19 heavy (non-hydrogen) atoms. The van der Waals surface area contributed by atoms with Gasteiger partial charge in [-0.15, -0.1) is 11.3 Å². The van der Waals surface area contributed by atoms with Gasteiger partial charge in [-0.3, -0.25) is 0 Å². The van der Waals surface area contributed by atoms with Crippen molar-refractivity contribution in [3.8, 4) is 10.6 Å². The third-order valence-electron chi connectivity index (χ3n) is 2.26. The van der Waals surface area contributed by atoms with Crippen LogP contribution in [0.4, 0.5) is 0 Å². The largest absolute Gasteiger partial charge is 0.410 e. The molecule has 0 spiro atoms. The molecule has 102 valence electrons. The molecule has 0 bridgehead atoms. The lowest BCUT2D eigenvalue weighted by atomic mass is 10.2. The van der Waals surface area contributed by atoms with Crippen LogP contribution in [-0.2, 0) is 6.42 Å². The first-order chi connectivity index (χ1) is 9.29. The summed E-state index contributed by atoms with van der Waals surface area (Å²) in [5, 5.41) is 12.6. The van der Waals surface area contributed by atoms with E-state index in [0.29, 0.717) is 11.0 Å². The highest BCUT2D eigenvalue weighted by Gasteiger charge is 2.05. The summed E-state index contributed by atoms with van der Waals surface area (Å²) in [6, 6.07) is 10.1. The molecule has 1 N–H and O–H groups in total. The molecule has 0 amide bonds. The van der Waals surface area contributed by atoms with Crippen molar-refractivity contribution in [2.75, 3.05) is 0 Å². The molecular formula is C14H17BrN2OS. The topological polar surface area (TPSA) is 45.5 Å². The van der Waals surface area contributed by atoms with Gasteiger partial charge < -0.3 is 5.21 Å². The second kappa shape index (κ2) is 8.82. The van der Waals surface area contributed by atoms with Crippen LogP contribution in [-0.4, -0.2) is 14.8 Å². The number of benzene rings is 1. The Morgan fingerprint density at radius 1 is 1.32 bits per heavy atom. The van der Waals surface area contributed by atoms with Crippen molar-refractivity contribution in [3.05, 3.63) is 41.4 Å². The smallest absolute Gasteiger partial charge is 0.123 e. The highest BCUT2D eigenvalue weighted by Crippen LogP contribution is 2.25. The maximum atomic E-state index is 8.52. The van der Waals surface area contributed by atoms with Gasteiger partial charge in [0.1, 0.15) is 9.63 Å². The molecule has 0 aliphatic heterocycles. The van der Waals surface area contributed by atoms with E-state index in [1.165, 1.54) is 4.88 Å². The number of rotatable bonds is 4. The fourth-order valence-corrected chi connectivity index (χ4v) is 2.53. The van der Waals surface area contributed by atoms with E-state index in [1.54, 1.807) is 11.3 Å². The fourth-order valence-electron chi connectivity index (χ4n) is 1.41. The molecule has 2 aromatic rings. The zero-order chi connectivity index (χ0) is 14.1. The summed E-state index contributed by atoms with van der Waals surface area (Å²) in [7, 11) is 0. The van der Waals surface area contributed by atoms with Gasteiger partial charge in [-0.1, -0.05) is 49.3 Å². The number of hydrogen-bond acceptors (Lipinski definition) is 4. The Hall–Kier alpha value is -1.20. The zero-order valence-corrected chi connectivity index (χ0v) is 13.4. The van der Waals surface area contributed by atoms with Crippen molar-refractivity contribution in [1.82, 2.24) is 4.98 Å². The molecule has 1 aromatic heterocycles.